The van der Waals surface area contributed by atoms with Gasteiger partial charge >= 0.3 is 0 Å². The van der Waals surface area contributed by atoms with Crippen LogP contribution in [0, 0.1) is 0 Å². The molecule has 5 heteroatoms. The minimum Gasteiger partial charge on any atom is -0.396 e. The molecule has 0 fully saturated rings. The van der Waals surface area contributed by atoms with Crippen LogP contribution in [0.3, 0.4) is 0 Å². The van der Waals surface area contributed by atoms with Gasteiger partial charge in [0.05, 0.1) is 10.6 Å². The van der Waals surface area contributed by atoms with Crippen LogP contribution < -0.4 is 0 Å². The summed E-state index contributed by atoms with van der Waals surface area (Å²) in [6, 6.07) is 1.63. The Morgan fingerprint density at radius 2 is 1.95 bits per heavy atom. The van der Waals surface area contributed by atoms with Gasteiger partial charge in [-0.1, -0.05) is 44.2 Å². The Bertz CT molecular complexity index is 426. The Balaban J connectivity index is 2.59. The Morgan fingerprint density at radius 3 is 2.62 bits per heavy atom. The summed E-state index contributed by atoms with van der Waals surface area (Å²) in [4.78, 5) is 18.2. The van der Waals surface area contributed by atoms with Crippen molar-refractivity contribution >= 4 is 17.5 Å². The molecule has 118 valence electrons. The van der Waals surface area contributed by atoms with E-state index >= 15 is 0 Å². The third kappa shape index (κ3) is 6.44. The highest BCUT2D eigenvalue weighted by Crippen LogP contribution is 2.16. The van der Waals surface area contributed by atoms with Crippen molar-refractivity contribution in [1.29, 1.82) is 0 Å². The first-order chi connectivity index (χ1) is 10.2. The second kappa shape index (κ2) is 10.6. The zero-order chi connectivity index (χ0) is 15.5. The predicted molar refractivity (Wildman–Crippen MR) is 85.6 cm³/mol. The van der Waals surface area contributed by atoms with Gasteiger partial charge in [0.1, 0.15) is 0 Å². The van der Waals surface area contributed by atoms with Gasteiger partial charge in [0, 0.05) is 32.1 Å². The van der Waals surface area contributed by atoms with Crippen molar-refractivity contribution in [2.75, 3.05) is 19.7 Å². The van der Waals surface area contributed by atoms with E-state index in [1.54, 1.807) is 17.2 Å². The zero-order valence-electron chi connectivity index (χ0n) is 12.7. The highest BCUT2D eigenvalue weighted by atomic mass is 35.5. The monoisotopic (exact) mass is 312 g/mol. The van der Waals surface area contributed by atoms with E-state index < -0.39 is 0 Å². The number of carbonyl (C=O) groups excluding carboxylic acids is 1. The molecule has 0 unspecified atom stereocenters. The lowest BCUT2D eigenvalue weighted by atomic mass is 10.1. The number of hydrogen-bond donors (Lipinski definition) is 1. The van der Waals surface area contributed by atoms with Gasteiger partial charge in [0.15, 0.2) is 0 Å². The number of halogens is 1. The standard InChI is InChI=1S/C16H25ClN2O2/c1-2-3-4-5-6-10-19(11-7-12-20)16(21)14-13-18-9-8-15(14)17/h8-9,13,20H,2-7,10-12H2,1H3. The van der Waals surface area contributed by atoms with Crippen LogP contribution in [0.5, 0.6) is 0 Å². The average molecular weight is 313 g/mol. The number of rotatable bonds is 10. The maximum absolute atomic E-state index is 12.5. The largest absolute Gasteiger partial charge is 0.396 e. The molecule has 0 aromatic carbocycles. The summed E-state index contributed by atoms with van der Waals surface area (Å²) in [5, 5.41) is 9.41. The molecule has 1 amide bonds. The van der Waals surface area contributed by atoms with Crippen molar-refractivity contribution in [1.82, 2.24) is 9.88 Å². The van der Waals surface area contributed by atoms with Crippen LogP contribution in [-0.2, 0) is 0 Å². The van der Waals surface area contributed by atoms with E-state index in [9.17, 15) is 4.79 Å². The predicted octanol–water partition coefficient (Wildman–Crippen LogP) is 3.53. The first kappa shape index (κ1) is 17.9. The summed E-state index contributed by atoms with van der Waals surface area (Å²) >= 11 is 6.06. The molecule has 1 heterocycles. The number of hydrogen-bond acceptors (Lipinski definition) is 3. The molecule has 0 spiro atoms. The molecule has 0 aliphatic heterocycles. The number of carbonyl (C=O) groups is 1. The Kier molecular flexibility index (Phi) is 9.02. The first-order valence-corrected chi connectivity index (χ1v) is 8.08. The van der Waals surface area contributed by atoms with Gasteiger partial charge in [0.2, 0.25) is 0 Å². The van der Waals surface area contributed by atoms with E-state index in [1.807, 2.05) is 0 Å². The topological polar surface area (TPSA) is 53.4 Å². The summed E-state index contributed by atoms with van der Waals surface area (Å²) < 4.78 is 0. The molecule has 1 rings (SSSR count). The molecule has 0 saturated carbocycles. The molecule has 21 heavy (non-hydrogen) atoms. The fourth-order valence-corrected chi connectivity index (χ4v) is 2.37. The number of unbranched alkanes of at least 4 members (excludes halogenated alkanes) is 4. The van der Waals surface area contributed by atoms with Crippen molar-refractivity contribution in [3.05, 3.63) is 29.0 Å². The quantitative estimate of drug-likeness (QED) is 0.672. The number of pyridine rings is 1. The van der Waals surface area contributed by atoms with Crippen LogP contribution in [0.1, 0.15) is 55.8 Å². The van der Waals surface area contributed by atoms with E-state index in [4.69, 9.17) is 16.7 Å². The lowest BCUT2D eigenvalue weighted by molar-refractivity contribution is 0.0741. The zero-order valence-corrected chi connectivity index (χ0v) is 13.5. The van der Waals surface area contributed by atoms with Gasteiger partial charge in [-0.2, -0.15) is 0 Å². The van der Waals surface area contributed by atoms with Crippen LogP contribution in [0.4, 0.5) is 0 Å². The van der Waals surface area contributed by atoms with Gasteiger partial charge in [-0.3, -0.25) is 9.78 Å². The molecule has 0 atom stereocenters. The normalized spacial score (nSPS) is 10.6. The number of aliphatic hydroxyl groups is 1. The van der Waals surface area contributed by atoms with Gasteiger partial charge in [-0.25, -0.2) is 0 Å². The van der Waals surface area contributed by atoms with Crippen LogP contribution in [0.25, 0.3) is 0 Å². The third-order valence-electron chi connectivity index (χ3n) is 3.40. The van der Waals surface area contributed by atoms with Gasteiger partial charge in [-0.15, -0.1) is 0 Å². The van der Waals surface area contributed by atoms with Gasteiger partial charge < -0.3 is 10.0 Å². The molecule has 1 N–H and O–H groups in total. The second-order valence-corrected chi connectivity index (χ2v) is 5.55. The molecular weight excluding hydrogens is 288 g/mol. The average Bonchev–Trinajstić information content (AvgIpc) is 2.50. The number of aromatic nitrogens is 1. The second-order valence-electron chi connectivity index (χ2n) is 5.14. The van der Waals surface area contributed by atoms with Crippen molar-refractivity contribution in [2.24, 2.45) is 0 Å². The fourth-order valence-electron chi connectivity index (χ4n) is 2.19. The molecule has 1 aromatic rings. The minimum atomic E-state index is -0.1000. The molecule has 4 nitrogen and oxygen atoms in total. The first-order valence-electron chi connectivity index (χ1n) is 7.70. The van der Waals surface area contributed by atoms with E-state index in [2.05, 4.69) is 11.9 Å². The molecule has 0 aliphatic rings. The van der Waals surface area contributed by atoms with Crippen molar-refractivity contribution < 1.29 is 9.90 Å². The maximum Gasteiger partial charge on any atom is 0.256 e. The lowest BCUT2D eigenvalue weighted by Gasteiger charge is -2.22. The van der Waals surface area contributed by atoms with Crippen LogP contribution >= 0.6 is 11.6 Å². The summed E-state index contributed by atoms with van der Waals surface area (Å²) in [7, 11) is 0. The summed E-state index contributed by atoms with van der Waals surface area (Å²) in [6.07, 6.45) is 9.41. The molecule has 0 saturated heterocycles. The molecule has 0 radical (unpaired) electrons. The number of nitrogens with zero attached hydrogens (tertiary/aromatic N) is 2. The van der Waals surface area contributed by atoms with Crippen molar-refractivity contribution in [3.8, 4) is 0 Å². The third-order valence-corrected chi connectivity index (χ3v) is 3.73. The molecule has 0 bridgehead atoms. The van der Waals surface area contributed by atoms with E-state index in [0.717, 1.165) is 12.8 Å². The fraction of sp³-hybridized carbons (Fsp3) is 0.625. The van der Waals surface area contributed by atoms with Crippen molar-refractivity contribution in [2.45, 2.75) is 45.4 Å². The highest BCUT2D eigenvalue weighted by Gasteiger charge is 2.17. The van der Waals surface area contributed by atoms with E-state index in [1.165, 1.54) is 25.5 Å². The van der Waals surface area contributed by atoms with E-state index in [0.29, 0.717) is 30.1 Å². The molecule has 0 aliphatic carbocycles. The smallest absolute Gasteiger partial charge is 0.256 e. The Morgan fingerprint density at radius 1 is 1.24 bits per heavy atom. The van der Waals surface area contributed by atoms with Crippen molar-refractivity contribution in [3.63, 3.8) is 0 Å². The SMILES string of the molecule is CCCCCCCN(CCCO)C(=O)c1cnccc1Cl. The number of aliphatic hydroxyl groups excluding tert-OH is 1. The summed E-state index contributed by atoms with van der Waals surface area (Å²) in [5.74, 6) is -0.1000. The van der Waals surface area contributed by atoms with Crippen LogP contribution in [0.15, 0.2) is 18.5 Å². The molecule has 1 aromatic heterocycles. The number of amides is 1. The molecular formula is C16H25ClN2O2. The maximum atomic E-state index is 12.5. The van der Waals surface area contributed by atoms with E-state index in [-0.39, 0.29) is 12.5 Å². The Labute approximate surface area is 132 Å². The Hall–Kier alpha value is -1.13. The summed E-state index contributed by atoms with van der Waals surface area (Å²) in [6.45, 7) is 3.52. The van der Waals surface area contributed by atoms with Gasteiger partial charge in [-0.05, 0) is 18.9 Å². The minimum absolute atomic E-state index is 0.0837. The lowest BCUT2D eigenvalue weighted by Crippen LogP contribution is -2.33. The van der Waals surface area contributed by atoms with Crippen LogP contribution in [0.2, 0.25) is 5.02 Å². The highest BCUT2D eigenvalue weighted by molar-refractivity contribution is 6.33. The van der Waals surface area contributed by atoms with Crippen LogP contribution in [-0.4, -0.2) is 40.6 Å². The van der Waals surface area contributed by atoms with Gasteiger partial charge in [0.25, 0.3) is 5.91 Å². The summed E-state index contributed by atoms with van der Waals surface area (Å²) in [5.41, 5.74) is 0.436.